The van der Waals surface area contributed by atoms with Crippen LogP contribution in [0.2, 0.25) is 5.02 Å². The molecule has 0 saturated carbocycles. The van der Waals surface area contributed by atoms with E-state index in [1.807, 2.05) is 52.0 Å². The van der Waals surface area contributed by atoms with E-state index in [0.717, 1.165) is 12.1 Å². The second-order valence-corrected chi connectivity index (χ2v) is 6.63. The van der Waals surface area contributed by atoms with Crippen molar-refractivity contribution in [2.24, 2.45) is 10.4 Å². The van der Waals surface area contributed by atoms with Crippen molar-refractivity contribution < 1.29 is 4.79 Å². The van der Waals surface area contributed by atoms with Crippen molar-refractivity contribution in [2.75, 3.05) is 19.6 Å². The fraction of sp³-hybridized carbons (Fsp3) is 0.529. The Morgan fingerprint density at radius 2 is 1.75 bits per heavy atom. The van der Waals surface area contributed by atoms with E-state index in [0.29, 0.717) is 30.6 Å². The second kappa shape index (κ2) is 11.5. The van der Waals surface area contributed by atoms with Crippen LogP contribution in [0.4, 0.5) is 0 Å². The normalized spacial score (nSPS) is 11.5. The monoisotopic (exact) mass is 466 g/mol. The Kier molecular flexibility index (Phi) is 11.0. The quantitative estimate of drug-likeness (QED) is 0.261. The standard InChI is InChI=1S/C17H27ClN4O.HI/c1-5-19-16(21-11-10-20-15(23)17(2,3)4)22-12-13-8-6-7-9-14(13)18;/h6-9H,5,10-12H2,1-4H3,(H,20,23)(H2,19,21,22);1H. The molecule has 0 aliphatic heterocycles. The van der Waals surface area contributed by atoms with Crippen LogP contribution in [0.1, 0.15) is 33.3 Å². The third-order valence-electron chi connectivity index (χ3n) is 3.09. The van der Waals surface area contributed by atoms with Crippen LogP contribution in [0, 0.1) is 5.41 Å². The van der Waals surface area contributed by atoms with Gasteiger partial charge in [-0.15, -0.1) is 24.0 Å². The molecule has 0 radical (unpaired) electrons. The topological polar surface area (TPSA) is 65.5 Å². The number of carbonyl (C=O) groups is 1. The molecule has 0 fully saturated rings. The minimum Gasteiger partial charge on any atom is -0.357 e. The van der Waals surface area contributed by atoms with Gasteiger partial charge in [-0.05, 0) is 18.6 Å². The number of benzene rings is 1. The SMILES string of the molecule is CCNC(=NCc1ccccc1Cl)NCCNC(=O)C(C)(C)C.I. The van der Waals surface area contributed by atoms with Gasteiger partial charge in [0.25, 0.3) is 0 Å². The average molecular weight is 467 g/mol. The number of amides is 1. The van der Waals surface area contributed by atoms with Crippen LogP contribution in [0.3, 0.4) is 0 Å². The summed E-state index contributed by atoms with van der Waals surface area (Å²) in [5, 5.41) is 9.98. The summed E-state index contributed by atoms with van der Waals surface area (Å²) < 4.78 is 0. The molecule has 1 amide bonds. The smallest absolute Gasteiger partial charge is 0.225 e. The molecule has 1 aromatic carbocycles. The van der Waals surface area contributed by atoms with E-state index in [1.54, 1.807) is 0 Å². The second-order valence-electron chi connectivity index (χ2n) is 6.22. The molecule has 0 aromatic heterocycles. The molecule has 0 saturated heterocycles. The van der Waals surface area contributed by atoms with Crippen molar-refractivity contribution >= 4 is 47.4 Å². The molecular weight excluding hydrogens is 439 g/mol. The van der Waals surface area contributed by atoms with E-state index in [2.05, 4.69) is 20.9 Å². The fourth-order valence-electron chi connectivity index (χ4n) is 1.75. The number of nitrogens with zero attached hydrogens (tertiary/aromatic N) is 1. The van der Waals surface area contributed by atoms with Crippen LogP contribution in [0.5, 0.6) is 0 Å². The van der Waals surface area contributed by atoms with E-state index in [4.69, 9.17) is 11.6 Å². The largest absolute Gasteiger partial charge is 0.357 e. The van der Waals surface area contributed by atoms with Crippen molar-refractivity contribution in [1.82, 2.24) is 16.0 Å². The summed E-state index contributed by atoms with van der Waals surface area (Å²) in [6.45, 7) is 10.1. The predicted molar refractivity (Wildman–Crippen MR) is 112 cm³/mol. The highest BCUT2D eigenvalue weighted by Gasteiger charge is 2.20. The van der Waals surface area contributed by atoms with Gasteiger partial charge in [-0.25, -0.2) is 4.99 Å². The van der Waals surface area contributed by atoms with Crippen molar-refractivity contribution in [1.29, 1.82) is 0 Å². The van der Waals surface area contributed by atoms with E-state index >= 15 is 0 Å². The Hall–Kier alpha value is -1.02. The first-order chi connectivity index (χ1) is 10.8. The molecule has 7 heteroatoms. The summed E-state index contributed by atoms with van der Waals surface area (Å²) in [5.74, 6) is 0.745. The van der Waals surface area contributed by atoms with Gasteiger partial charge in [0.2, 0.25) is 5.91 Å². The van der Waals surface area contributed by atoms with Gasteiger partial charge in [0.05, 0.1) is 6.54 Å². The lowest BCUT2D eigenvalue weighted by Gasteiger charge is -2.18. The molecule has 24 heavy (non-hydrogen) atoms. The summed E-state index contributed by atoms with van der Waals surface area (Å²) in [6, 6.07) is 7.66. The molecule has 0 heterocycles. The zero-order valence-electron chi connectivity index (χ0n) is 14.8. The Labute approximate surface area is 167 Å². The van der Waals surface area contributed by atoms with Crippen LogP contribution in [-0.4, -0.2) is 31.5 Å². The first-order valence-corrected chi connectivity index (χ1v) is 8.26. The molecule has 0 aliphatic rings. The van der Waals surface area contributed by atoms with Crippen LogP contribution in [-0.2, 0) is 11.3 Å². The number of nitrogens with one attached hydrogen (secondary N) is 3. The fourth-order valence-corrected chi connectivity index (χ4v) is 1.95. The number of hydrogen-bond acceptors (Lipinski definition) is 2. The Morgan fingerprint density at radius 3 is 2.33 bits per heavy atom. The molecule has 0 bridgehead atoms. The van der Waals surface area contributed by atoms with Gasteiger partial charge in [-0.2, -0.15) is 0 Å². The lowest BCUT2D eigenvalue weighted by Crippen LogP contribution is -2.43. The number of guanidine groups is 1. The number of hydrogen-bond donors (Lipinski definition) is 3. The summed E-state index contributed by atoms with van der Waals surface area (Å²) in [6.07, 6.45) is 0. The van der Waals surface area contributed by atoms with Gasteiger partial charge in [0, 0.05) is 30.1 Å². The van der Waals surface area contributed by atoms with Crippen molar-refractivity contribution in [3.05, 3.63) is 34.9 Å². The first kappa shape index (κ1) is 23.0. The predicted octanol–water partition coefficient (Wildman–Crippen LogP) is 3.18. The zero-order valence-corrected chi connectivity index (χ0v) is 17.9. The highest BCUT2D eigenvalue weighted by molar-refractivity contribution is 14.0. The van der Waals surface area contributed by atoms with Gasteiger partial charge >= 0.3 is 0 Å². The molecule has 136 valence electrons. The molecule has 0 atom stereocenters. The van der Waals surface area contributed by atoms with Crippen LogP contribution < -0.4 is 16.0 Å². The van der Waals surface area contributed by atoms with Gasteiger partial charge in [-0.3, -0.25) is 4.79 Å². The zero-order chi connectivity index (χ0) is 17.3. The van der Waals surface area contributed by atoms with Crippen LogP contribution in [0.25, 0.3) is 0 Å². The van der Waals surface area contributed by atoms with Crippen LogP contribution in [0.15, 0.2) is 29.3 Å². The average Bonchev–Trinajstić information content (AvgIpc) is 2.49. The minimum absolute atomic E-state index is 0. The third kappa shape index (κ3) is 8.73. The van der Waals surface area contributed by atoms with E-state index in [-0.39, 0.29) is 35.3 Å². The van der Waals surface area contributed by atoms with E-state index in [1.165, 1.54) is 0 Å². The molecule has 0 spiro atoms. The molecule has 1 rings (SSSR count). The maximum atomic E-state index is 11.8. The molecular formula is C17H28ClIN4O. The van der Waals surface area contributed by atoms with Gasteiger partial charge in [0.15, 0.2) is 5.96 Å². The van der Waals surface area contributed by atoms with Crippen molar-refractivity contribution in [3.63, 3.8) is 0 Å². The van der Waals surface area contributed by atoms with Gasteiger partial charge in [-0.1, -0.05) is 50.6 Å². The van der Waals surface area contributed by atoms with E-state index in [9.17, 15) is 4.79 Å². The summed E-state index contributed by atoms with van der Waals surface area (Å²) >= 11 is 6.13. The Morgan fingerprint density at radius 1 is 1.12 bits per heavy atom. The molecule has 5 nitrogen and oxygen atoms in total. The Balaban J connectivity index is 0.00000529. The highest BCUT2D eigenvalue weighted by atomic mass is 127. The van der Waals surface area contributed by atoms with Crippen LogP contribution >= 0.6 is 35.6 Å². The third-order valence-corrected chi connectivity index (χ3v) is 3.46. The number of carbonyl (C=O) groups excluding carboxylic acids is 1. The number of halogens is 2. The van der Waals surface area contributed by atoms with Crippen molar-refractivity contribution in [2.45, 2.75) is 34.2 Å². The molecule has 0 unspecified atom stereocenters. The maximum absolute atomic E-state index is 11.8. The first-order valence-electron chi connectivity index (χ1n) is 7.88. The summed E-state index contributed by atoms with van der Waals surface area (Å²) in [7, 11) is 0. The minimum atomic E-state index is -0.372. The highest BCUT2D eigenvalue weighted by Crippen LogP contribution is 2.15. The summed E-state index contributed by atoms with van der Waals surface area (Å²) in [5.41, 5.74) is 0.607. The van der Waals surface area contributed by atoms with Crippen molar-refractivity contribution in [3.8, 4) is 0 Å². The lowest BCUT2D eigenvalue weighted by molar-refractivity contribution is -0.128. The Bertz CT molecular complexity index is 544. The van der Waals surface area contributed by atoms with Gasteiger partial charge < -0.3 is 16.0 Å². The number of rotatable bonds is 6. The molecule has 1 aromatic rings. The summed E-state index contributed by atoms with van der Waals surface area (Å²) in [4.78, 5) is 16.3. The maximum Gasteiger partial charge on any atom is 0.225 e. The number of aliphatic imine (C=N–C) groups is 1. The lowest BCUT2D eigenvalue weighted by atomic mass is 9.96. The molecule has 3 N–H and O–H groups in total. The van der Waals surface area contributed by atoms with E-state index < -0.39 is 0 Å². The van der Waals surface area contributed by atoms with Gasteiger partial charge in [0.1, 0.15) is 0 Å². The molecule has 0 aliphatic carbocycles.